The lowest BCUT2D eigenvalue weighted by Crippen LogP contribution is -2.60. The fourth-order valence-electron chi connectivity index (χ4n) is 2.32. The van der Waals surface area contributed by atoms with Crippen LogP contribution in [0.1, 0.15) is 41.0 Å². The van der Waals surface area contributed by atoms with Gasteiger partial charge in [-0.25, -0.2) is 0 Å². The van der Waals surface area contributed by atoms with E-state index in [0.29, 0.717) is 25.6 Å². The maximum Gasteiger partial charge on any atom is 0.325 e. The predicted octanol–water partition coefficient (Wildman–Crippen LogP) is 1.31. The summed E-state index contributed by atoms with van der Waals surface area (Å²) < 4.78 is 5.51. The zero-order valence-electron chi connectivity index (χ0n) is 13.6. The molecule has 5 heteroatoms. The zero-order valence-corrected chi connectivity index (χ0v) is 13.6. The quantitative estimate of drug-likeness (QED) is 0.729. The number of hydrogen-bond acceptors (Lipinski definition) is 5. The smallest absolute Gasteiger partial charge is 0.325 e. The number of Topliss-reactive ketones (excluding diaryl/α,β-unsaturated/α-hetero) is 1. The second-order valence-corrected chi connectivity index (χ2v) is 6.78. The SMILES string of the molecule is CC(=O)CCN1CC(C)N(C)CC1C(=O)OC(C)(C)C. The number of piperazine rings is 1. The number of nitrogens with zero attached hydrogens (tertiary/aromatic N) is 2. The molecule has 0 bridgehead atoms. The second-order valence-electron chi connectivity index (χ2n) is 6.78. The van der Waals surface area contributed by atoms with Crippen LogP contribution in [0.25, 0.3) is 0 Å². The van der Waals surface area contributed by atoms with Crippen molar-refractivity contribution in [3.05, 3.63) is 0 Å². The number of ketones is 1. The Bertz CT molecular complexity index is 363. The number of esters is 1. The molecule has 5 nitrogen and oxygen atoms in total. The van der Waals surface area contributed by atoms with Gasteiger partial charge in [0.25, 0.3) is 0 Å². The Morgan fingerprint density at radius 1 is 1.25 bits per heavy atom. The van der Waals surface area contributed by atoms with Gasteiger partial charge in [-0.05, 0) is 41.7 Å². The average molecular weight is 284 g/mol. The van der Waals surface area contributed by atoms with E-state index in [-0.39, 0.29) is 17.8 Å². The van der Waals surface area contributed by atoms with Crippen molar-refractivity contribution in [3.63, 3.8) is 0 Å². The maximum absolute atomic E-state index is 12.3. The molecule has 0 spiro atoms. The molecule has 2 unspecified atom stereocenters. The Hall–Kier alpha value is -0.940. The molecule has 0 N–H and O–H groups in total. The molecule has 1 rings (SSSR count). The van der Waals surface area contributed by atoms with Gasteiger partial charge in [0.15, 0.2) is 0 Å². The van der Waals surface area contributed by atoms with Crippen LogP contribution in [0.2, 0.25) is 0 Å². The second kappa shape index (κ2) is 6.68. The van der Waals surface area contributed by atoms with Crippen molar-refractivity contribution in [2.24, 2.45) is 0 Å². The van der Waals surface area contributed by atoms with Crippen LogP contribution in [0.4, 0.5) is 0 Å². The van der Waals surface area contributed by atoms with Crippen molar-refractivity contribution < 1.29 is 14.3 Å². The summed E-state index contributed by atoms with van der Waals surface area (Å²) in [6, 6.07) is 0.0930. The number of carbonyl (C=O) groups excluding carboxylic acids is 2. The standard InChI is InChI=1S/C15H28N2O3/c1-11-9-17(8-7-12(2)18)13(10-16(11)6)14(19)20-15(3,4)5/h11,13H,7-10H2,1-6H3. The third kappa shape index (κ3) is 5.21. The molecule has 1 saturated heterocycles. The number of carbonyl (C=O) groups is 2. The summed E-state index contributed by atoms with van der Waals surface area (Å²) >= 11 is 0. The first-order valence-electron chi connectivity index (χ1n) is 7.26. The highest BCUT2D eigenvalue weighted by Gasteiger charge is 2.36. The lowest BCUT2D eigenvalue weighted by atomic mass is 10.1. The normalized spacial score (nSPS) is 25.5. The molecule has 0 radical (unpaired) electrons. The highest BCUT2D eigenvalue weighted by Crippen LogP contribution is 2.18. The highest BCUT2D eigenvalue weighted by molar-refractivity contribution is 5.77. The van der Waals surface area contributed by atoms with Crippen LogP contribution in [-0.2, 0) is 14.3 Å². The molecule has 0 aromatic carbocycles. The van der Waals surface area contributed by atoms with Gasteiger partial charge in [0.05, 0.1) is 0 Å². The Kier molecular flexibility index (Phi) is 5.71. The van der Waals surface area contributed by atoms with E-state index in [9.17, 15) is 9.59 Å². The van der Waals surface area contributed by atoms with Gasteiger partial charge in [0.2, 0.25) is 0 Å². The van der Waals surface area contributed by atoms with Crippen LogP contribution >= 0.6 is 0 Å². The first-order valence-corrected chi connectivity index (χ1v) is 7.26. The molecule has 1 heterocycles. The molecule has 0 aromatic heterocycles. The van der Waals surface area contributed by atoms with E-state index in [1.54, 1.807) is 6.92 Å². The molecular weight excluding hydrogens is 256 g/mol. The van der Waals surface area contributed by atoms with Gasteiger partial charge in [0, 0.05) is 32.1 Å². The van der Waals surface area contributed by atoms with E-state index < -0.39 is 5.60 Å². The molecule has 0 aromatic rings. The van der Waals surface area contributed by atoms with Crippen molar-refractivity contribution >= 4 is 11.8 Å². The van der Waals surface area contributed by atoms with Gasteiger partial charge in [-0.1, -0.05) is 0 Å². The Morgan fingerprint density at radius 2 is 1.85 bits per heavy atom. The minimum atomic E-state index is -0.481. The Labute approximate surface area is 122 Å². The van der Waals surface area contributed by atoms with E-state index in [1.807, 2.05) is 27.8 Å². The van der Waals surface area contributed by atoms with E-state index in [0.717, 1.165) is 6.54 Å². The summed E-state index contributed by atoms with van der Waals surface area (Å²) in [6.45, 7) is 11.4. The van der Waals surface area contributed by atoms with Gasteiger partial charge in [-0.3, -0.25) is 14.5 Å². The molecular formula is C15H28N2O3. The number of hydrogen-bond donors (Lipinski definition) is 0. The van der Waals surface area contributed by atoms with Crippen molar-refractivity contribution in [3.8, 4) is 0 Å². The molecule has 1 aliphatic rings. The number of ether oxygens (including phenoxy) is 1. The third-order valence-corrected chi connectivity index (χ3v) is 3.58. The van der Waals surface area contributed by atoms with E-state index in [1.165, 1.54) is 0 Å². The lowest BCUT2D eigenvalue weighted by Gasteiger charge is -2.43. The van der Waals surface area contributed by atoms with Crippen LogP contribution < -0.4 is 0 Å². The Balaban J connectivity index is 2.75. The van der Waals surface area contributed by atoms with Crippen LogP contribution in [0.15, 0.2) is 0 Å². The molecule has 116 valence electrons. The van der Waals surface area contributed by atoms with E-state index in [2.05, 4.69) is 16.7 Å². The van der Waals surface area contributed by atoms with Crippen molar-refractivity contribution in [1.82, 2.24) is 9.80 Å². The number of rotatable bonds is 4. The zero-order chi connectivity index (χ0) is 15.5. The predicted molar refractivity (Wildman–Crippen MR) is 78.6 cm³/mol. The van der Waals surface area contributed by atoms with Crippen LogP contribution in [0, 0.1) is 0 Å². The van der Waals surface area contributed by atoms with Gasteiger partial charge < -0.3 is 9.64 Å². The molecule has 0 saturated carbocycles. The van der Waals surface area contributed by atoms with E-state index >= 15 is 0 Å². The van der Waals surface area contributed by atoms with Gasteiger partial charge >= 0.3 is 5.97 Å². The van der Waals surface area contributed by atoms with Crippen molar-refractivity contribution in [2.75, 3.05) is 26.7 Å². The third-order valence-electron chi connectivity index (χ3n) is 3.58. The molecule has 1 aliphatic heterocycles. The maximum atomic E-state index is 12.3. The van der Waals surface area contributed by atoms with Gasteiger partial charge in [0.1, 0.15) is 17.4 Å². The largest absolute Gasteiger partial charge is 0.459 e. The summed E-state index contributed by atoms with van der Waals surface area (Å²) in [5.41, 5.74) is -0.481. The molecule has 2 atom stereocenters. The van der Waals surface area contributed by atoms with Crippen molar-refractivity contribution in [2.45, 2.75) is 58.7 Å². The topological polar surface area (TPSA) is 49.9 Å². The lowest BCUT2D eigenvalue weighted by molar-refractivity contribution is -0.164. The minimum absolute atomic E-state index is 0.152. The van der Waals surface area contributed by atoms with Crippen LogP contribution in [-0.4, -0.2) is 65.9 Å². The monoisotopic (exact) mass is 284 g/mol. The highest BCUT2D eigenvalue weighted by atomic mass is 16.6. The van der Waals surface area contributed by atoms with Crippen LogP contribution in [0.3, 0.4) is 0 Å². The first-order chi connectivity index (χ1) is 9.10. The van der Waals surface area contributed by atoms with E-state index in [4.69, 9.17) is 4.74 Å². The summed E-state index contributed by atoms with van der Waals surface area (Å²) in [7, 11) is 2.02. The average Bonchev–Trinajstić information content (AvgIpc) is 2.27. The minimum Gasteiger partial charge on any atom is -0.459 e. The van der Waals surface area contributed by atoms with Gasteiger partial charge in [-0.2, -0.15) is 0 Å². The molecule has 1 fully saturated rings. The number of likely N-dealkylation sites (N-methyl/N-ethyl adjacent to an activating group) is 1. The molecule has 0 amide bonds. The molecule has 0 aliphatic carbocycles. The summed E-state index contributed by atoms with van der Waals surface area (Å²) in [6.07, 6.45) is 0.482. The summed E-state index contributed by atoms with van der Waals surface area (Å²) in [5.74, 6) is -0.0423. The fourth-order valence-corrected chi connectivity index (χ4v) is 2.32. The summed E-state index contributed by atoms with van der Waals surface area (Å²) in [4.78, 5) is 27.8. The fraction of sp³-hybridized carbons (Fsp3) is 0.867. The van der Waals surface area contributed by atoms with Crippen LogP contribution in [0.5, 0.6) is 0 Å². The van der Waals surface area contributed by atoms with Crippen molar-refractivity contribution in [1.29, 1.82) is 0 Å². The molecule has 20 heavy (non-hydrogen) atoms. The Morgan fingerprint density at radius 3 is 2.35 bits per heavy atom. The first kappa shape index (κ1) is 17.1. The van der Waals surface area contributed by atoms with Gasteiger partial charge in [-0.15, -0.1) is 0 Å². The summed E-state index contributed by atoms with van der Waals surface area (Å²) in [5, 5.41) is 0.